The third kappa shape index (κ3) is 2.35. The van der Waals surface area contributed by atoms with E-state index < -0.39 is 0 Å². The summed E-state index contributed by atoms with van der Waals surface area (Å²) in [6, 6.07) is 2.16. The van der Waals surface area contributed by atoms with Crippen molar-refractivity contribution in [2.24, 2.45) is 0 Å². The largest absolute Gasteiger partial charge is 0.373 e. The van der Waals surface area contributed by atoms with Crippen molar-refractivity contribution in [3.63, 3.8) is 0 Å². The molecule has 1 fully saturated rings. The maximum Gasteiger partial charge on any atom is 0.0844 e. The second-order valence-electron chi connectivity index (χ2n) is 3.13. The average molecular weight is 326 g/mol. The maximum absolute atomic E-state index is 5.71. The molecule has 13 heavy (non-hydrogen) atoms. The number of rotatable bonds is 1. The van der Waals surface area contributed by atoms with Crippen LogP contribution in [0.1, 0.15) is 30.9 Å². The fraction of sp³-hybridized carbons (Fsp3) is 0.556. The van der Waals surface area contributed by atoms with Gasteiger partial charge < -0.3 is 4.74 Å². The van der Waals surface area contributed by atoms with Crippen molar-refractivity contribution in [1.29, 1.82) is 0 Å². The highest BCUT2D eigenvalue weighted by molar-refractivity contribution is 9.12. The monoisotopic (exact) mass is 324 g/mol. The zero-order valence-corrected chi connectivity index (χ0v) is 11.0. The molecule has 0 aliphatic carbocycles. The van der Waals surface area contributed by atoms with E-state index in [1.54, 1.807) is 11.3 Å². The van der Waals surface area contributed by atoms with Crippen LogP contribution in [-0.2, 0) is 4.74 Å². The lowest BCUT2D eigenvalue weighted by Gasteiger charge is -2.22. The molecule has 1 nitrogen and oxygen atoms in total. The average Bonchev–Trinajstić information content (AvgIpc) is 2.47. The highest BCUT2D eigenvalue weighted by atomic mass is 79.9. The van der Waals surface area contributed by atoms with Gasteiger partial charge in [0.05, 0.1) is 13.7 Å². The van der Waals surface area contributed by atoms with Gasteiger partial charge in [0, 0.05) is 12.2 Å². The molecule has 0 spiro atoms. The second-order valence-corrected chi connectivity index (χ2v) is 6.88. The minimum atomic E-state index is 0.311. The summed E-state index contributed by atoms with van der Waals surface area (Å²) in [5.41, 5.74) is 1.30. The lowest BCUT2D eigenvalue weighted by Crippen LogP contribution is -2.10. The van der Waals surface area contributed by atoms with Crippen molar-refractivity contribution in [3.05, 3.63) is 19.2 Å². The van der Waals surface area contributed by atoms with Gasteiger partial charge in [0.1, 0.15) is 0 Å². The smallest absolute Gasteiger partial charge is 0.0844 e. The van der Waals surface area contributed by atoms with Gasteiger partial charge >= 0.3 is 0 Å². The third-order valence-corrected chi connectivity index (χ3v) is 4.60. The standard InChI is InChI=1S/C9H10Br2OS/c10-8-5-6(9(11)13-8)7-3-1-2-4-12-7/h5,7H,1-4H2. The molecule has 4 heteroatoms. The van der Waals surface area contributed by atoms with Crippen molar-refractivity contribution >= 4 is 43.2 Å². The Labute approximate surface area is 98.7 Å². The van der Waals surface area contributed by atoms with Gasteiger partial charge in [-0.3, -0.25) is 0 Å². The molecule has 1 saturated heterocycles. The van der Waals surface area contributed by atoms with Crippen LogP contribution >= 0.6 is 43.2 Å². The highest BCUT2D eigenvalue weighted by Gasteiger charge is 2.20. The first-order chi connectivity index (χ1) is 6.27. The first kappa shape index (κ1) is 10.1. The van der Waals surface area contributed by atoms with E-state index >= 15 is 0 Å². The summed E-state index contributed by atoms with van der Waals surface area (Å²) in [5.74, 6) is 0. The molecule has 0 amide bonds. The van der Waals surface area contributed by atoms with E-state index in [0.717, 1.165) is 13.0 Å². The Kier molecular flexibility index (Phi) is 3.46. The van der Waals surface area contributed by atoms with E-state index in [1.165, 1.54) is 26.0 Å². The van der Waals surface area contributed by atoms with Crippen LogP contribution in [0.3, 0.4) is 0 Å². The maximum atomic E-state index is 5.71. The Morgan fingerprint density at radius 2 is 2.23 bits per heavy atom. The molecule has 0 radical (unpaired) electrons. The van der Waals surface area contributed by atoms with E-state index in [4.69, 9.17) is 4.74 Å². The van der Waals surface area contributed by atoms with Crippen molar-refractivity contribution < 1.29 is 4.74 Å². The number of hydrogen-bond donors (Lipinski definition) is 0. The first-order valence-corrected chi connectivity index (χ1v) is 6.74. The number of hydrogen-bond acceptors (Lipinski definition) is 2. The van der Waals surface area contributed by atoms with E-state index in [0.29, 0.717) is 6.10 Å². The van der Waals surface area contributed by atoms with E-state index in [2.05, 4.69) is 37.9 Å². The van der Waals surface area contributed by atoms with E-state index in [1.807, 2.05) is 0 Å². The predicted molar refractivity (Wildman–Crippen MR) is 62.3 cm³/mol. The van der Waals surface area contributed by atoms with Gasteiger partial charge in [-0.25, -0.2) is 0 Å². The van der Waals surface area contributed by atoms with Gasteiger partial charge in [0.25, 0.3) is 0 Å². The first-order valence-electron chi connectivity index (χ1n) is 4.33. The molecule has 1 unspecified atom stereocenters. The minimum Gasteiger partial charge on any atom is -0.373 e. The van der Waals surface area contributed by atoms with Crippen LogP contribution < -0.4 is 0 Å². The predicted octanol–water partition coefficient (Wildman–Crippen LogP) is 4.51. The summed E-state index contributed by atoms with van der Waals surface area (Å²) in [5, 5.41) is 0. The van der Waals surface area contributed by atoms with Gasteiger partial charge in [-0.05, 0) is 57.2 Å². The fourth-order valence-electron chi connectivity index (χ4n) is 1.56. The second kappa shape index (κ2) is 4.43. The number of ether oxygens (including phenoxy) is 1. The van der Waals surface area contributed by atoms with Gasteiger partial charge in [0.2, 0.25) is 0 Å². The quantitative estimate of drug-likeness (QED) is 0.738. The molecule has 1 aliphatic rings. The van der Waals surface area contributed by atoms with Crippen molar-refractivity contribution in [2.45, 2.75) is 25.4 Å². The van der Waals surface area contributed by atoms with Crippen molar-refractivity contribution in [1.82, 2.24) is 0 Å². The SMILES string of the molecule is Brc1cc(C2CCCCO2)c(Br)s1. The van der Waals surface area contributed by atoms with Gasteiger partial charge in [-0.15, -0.1) is 11.3 Å². The molecular formula is C9H10Br2OS. The summed E-state index contributed by atoms with van der Waals surface area (Å²) in [6.07, 6.45) is 3.96. The van der Waals surface area contributed by atoms with Crippen molar-refractivity contribution in [3.8, 4) is 0 Å². The van der Waals surface area contributed by atoms with Crippen LogP contribution in [0.5, 0.6) is 0 Å². The van der Waals surface area contributed by atoms with Gasteiger partial charge in [0.15, 0.2) is 0 Å². The molecule has 0 N–H and O–H groups in total. The number of thiophene rings is 1. The molecule has 0 aromatic carbocycles. The third-order valence-electron chi connectivity index (χ3n) is 2.21. The van der Waals surface area contributed by atoms with Crippen LogP contribution in [0.25, 0.3) is 0 Å². The molecule has 2 heterocycles. The Bertz CT molecular complexity index is 292. The lowest BCUT2D eigenvalue weighted by molar-refractivity contribution is 0.0148. The molecule has 0 saturated carbocycles. The zero-order chi connectivity index (χ0) is 9.26. The van der Waals surface area contributed by atoms with E-state index in [9.17, 15) is 0 Å². The Balaban J connectivity index is 2.18. The molecular weight excluding hydrogens is 316 g/mol. The van der Waals surface area contributed by atoms with Gasteiger partial charge in [-0.2, -0.15) is 0 Å². The summed E-state index contributed by atoms with van der Waals surface area (Å²) >= 11 is 8.76. The fourth-order valence-corrected chi connectivity index (χ4v) is 4.50. The molecule has 0 bridgehead atoms. The molecule has 1 aromatic rings. The Morgan fingerprint density at radius 1 is 1.38 bits per heavy atom. The minimum absolute atomic E-state index is 0.311. The van der Waals surface area contributed by atoms with Crippen LogP contribution in [0.15, 0.2) is 13.6 Å². The number of halogens is 2. The molecule has 1 aromatic heterocycles. The lowest BCUT2D eigenvalue weighted by atomic mass is 10.0. The molecule has 1 atom stereocenters. The van der Waals surface area contributed by atoms with Crippen LogP contribution in [-0.4, -0.2) is 6.61 Å². The van der Waals surface area contributed by atoms with Crippen LogP contribution in [0.4, 0.5) is 0 Å². The summed E-state index contributed by atoms with van der Waals surface area (Å²) in [7, 11) is 0. The highest BCUT2D eigenvalue weighted by Crippen LogP contribution is 2.39. The van der Waals surface area contributed by atoms with E-state index in [-0.39, 0.29) is 0 Å². The van der Waals surface area contributed by atoms with Gasteiger partial charge in [-0.1, -0.05) is 0 Å². The topological polar surface area (TPSA) is 9.23 Å². The molecule has 72 valence electrons. The summed E-state index contributed by atoms with van der Waals surface area (Å²) < 4.78 is 8.08. The normalized spacial score (nSPS) is 23.4. The Hall–Kier alpha value is 0.620. The zero-order valence-electron chi connectivity index (χ0n) is 7.06. The molecule has 2 rings (SSSR count). The summed E-state index contributed by atoms with van der Waals surface area (Å²) in [6.45, 7) is 0.907. The van der Waals surface area contributed by atoms with Crippen LogP contribution in [0, 0.1) is 0 Å². The Morgan fingerprint density at radius 3 is 2.77 bits per heavy atom. The molecule has 1 aliphatic heterocycles. The van der Waals surface area contributed by atoms with Crippen molar-refractivity contribution in [2.75, 3.05) is 6.61 Å². The van der Waals surface area contributed by atoms with Crippen LogP contribution in [0.2, 0.25) is 0 Å². The summed E-state index contributed by atoms with van der Waals surface area (Å²) in [4.78, 5) is 0.